The fraction of sp³-hybridized carbons (Fsp3) is 0.250. The van der Waals surface area contributed by atoms with Gasteiger partial charge in [0.05, 0.1) is 11.4 Å². The number of nitrogens with zero attached hydrogens (tertiary/aromatic N) is 1. The molecule has 0 N–H and O–H groups in total. The molecule has 0 amide bonds. The summed E-state index contributed by atoms with van der Waals surface area (Å²) in [5.41, 5.74) is 15.3. The zero-order chi connectivity index (χ0) is 35.8. The Morgan fingerprint density at radius 3 is 1.94 bits per heavy atom. The summed E-state index contributed by atoms with van der Waals surface area (Å²) < 4.78 is 6.77. The molecule has 1 aliphatic heterocycles. The van der Waals surface area contributed by atoms with Gasteiger partial charge in [0.15, 0.2) is 0 Å². The first-order valence-electron chi connectivity index (χ1n) is 20.1. The summed E-state index contributed by atoms with van der Waals surface area (Å²) in [6.07, 6.45) is 6.85. The molecule has 1 spiro atoms. The highest BCUT2D eigenvalue weighted by Crippen LogP contribution is 2.71. The molecule has 0 unspecified atom stereocenters. The Morgan fingerprint density at radius 1 is 0.500 bits per heavy atom. The van der Waals surface area contributed by atoms with Crippen molar-refractivity contribution in [2.75, 3.05) is 0 Å². The molecule has 6 aliphatic rings. The van der Waals surface area contributed by atoms with Gasteiger partial charge in [-0.25, -0.2) is 4.98 Å². The lowest BCUT2D eigenvalue weighted by Crippen LogP contribution is -2.55. The molecule has 0 atom stereocenters. The number of hydrogen-bond acceptors (Lipinski definition) is 2. The molecule has 4 bridgehead atoms. The second-order valence-electron chi connectivity index (χ2n) is 17.6. The van der Waals surface area contributed by atoms with E-state index in [9.17, 15) is 0 Å². The molecule has 0 saturated heterocycles. The molecular formula is C52H43NO. The molecule has 262 valence electrons. The maximum absolute atomic E-state index is 6.77. The zero-order valence-corrected chi connectivity index (χ0v) is 31.0. The molecular weight excluding hydrogens is 655 g/mol. The molecule has 1 aromatic heterocycles. The Balaban J connectivity index is 1.09. The van der Waals surface area contributed by atoms with Crippen LogP contribution in [0.2, 0.25) is 0 Å². The summed E-state index contributed by atoms with van der Waals surface area (Å²) >= 11 is 0. The van der Waals surface area contributed by atoms with Crippen LogP contribution in [0.3, 0.4) is 0 Å². The van der Waals surface area contributed by atoms with Crippen LogP contribution in [-0.4, -0.2) is 4.98 Å². The van der Waals surface area contributed by atoms with Crippen molar-refractivity contribution >= 4 is 10.8 Å². The van der Waals surface area contributed by atoms with Crippen LogP contribution in [0.15, 0.2) is 140 Å². The smallest absolute Gasteiger partial charge is 0.132 e. The normalized spacial score (nSPS) is 24.9. The third-order valence-electron chi connectivity index (χ3n) is 14.5. The topological polar surface area (TPSA) is 22.1 Å². The molecule has 6 aromatic carbocycles. The molecule has 2 heteroatoms. The van der Waals surface area contributed by atoms with Gasteiger partial charge in [-0.15, -0.1) is 0 Å². The van der Waals surface area contributed by atoms with Gasteiger partial charge in [0.2, 0.25) is 0 Å². The summed E-state index contributed by atoms with van der Waals surface area (Å²) in [6.45, 7) is 4.83. The third-order valence-corrected chi connectivity index (χ3v) is 14.5. The van der Waals surface area contributed by atoms with Crippen LogP contribution in [0, 0.1) is 23.7 Å². The highest BCUT2D eigenvalue weighted by atomic mass is 16.5. The van der Waals surface area contributed by atoms with Gasteiger partial charge in [-0.1, -0.05) is 117 Å². The van der Waals surface area contributed by atoms with Crippen LogP contribution in [0.5, 0.6) is 11.5 Å². The van der Waals surface area contributed by atoms with E-state index < -0.39 is 0 Å². The summed E-state index contributed by atoms with van der Waals surface area (Å²) in [5, 5.41) is 2.49. The number of benzene rings is 6. The van der Waals surface area contributed by atoms with Crippen LogP contribution < -0.4 is 4.74 Å². The van der Waals surface area contributed by atoms with Gasteiger partial charge in [0, 0.05) is 33.1 Å². The predicted molar refractivity (Wildman–Crippen MR) is 220 cm³/mol. The van der Waals surface area contributed by atoms with Crippen molar-refractivity contribution in [2.45, 2.75) is 56.8 Å². The monoisotopic (exact) mass is 697 g/mol. The van der Waals surface area contributed by atoms with Gasteiger partial charge in [-0.05, 0) is 136 Å². The van der Waals surface area contributed by atoms with E-state index >= 15 is 0 Å². The summed E-state index contributed by atoms with van der Waals surface area (Å²) in [6, 6.07) is 51.7. The van der Waals surface area contributed by atoms with Crippen molar-refractivity contribution in [2.24, 2.45) is 23.7 Å². The molecule has 54 heavy (non-hydrogen) atoms. The molecule has 5 aliphatic carbocycles. The van der Waals surface area contributed by atoms with E-state index in [1.54, 1.807) is 11.1 Å². The fourth-order valence-corrected chi connectivity index (χ4v) is 12.4. The number of fused-ring (bicyclic) bond motifs is 7. The lowest BCUT2D eigenvalue weighted by Gasteiger charge is -2.61. The number of aromatic nitrogens is 1. The first kappa shape index (κ1) is 30.9. The lowest BCUT2D eigenvalue weighted by atomic mass is 9.43. The first-order valence-corrected chi connectivity index (χ1v) is 20.1. The number of rotatable bonds is 3. The fourth-order valence-electron chi connectivity index (χ4n) is 12.4. The van der Waals surface area contributed by atoms with Crippen molar-refractivity contribution in [3.05, 3.63) is 162 Å². The minimum Gasteiger partial charge on any atom is -0.457 e. The van der Waals surface area contributed by atoms with E-state index in [0.29, 0.717) is 11.8 Å². The van der Waals surface area contributed by atoms with Crippen molar-refractivity contribution in [3.8, 4) is 56.3 Å². The third kappa shape index (κ3) is 4.20. The van der Waals surface area contributed by atoms with E-state index in [0.717, 1.165) is 40.3 Å². The highest BCUT2D eigenvalue weighted by molar-refractivity contribution is 5.91. The summed E-state index contributed by atoms with van der Waals surface area (Å²) in [5.74, 6) is 5.10. The van der Waals surface area contributed by atoms with Gasteiger partial charge in [-0.3, -0.25) is 0 Å². The molecule has 2 nitrogen and oxygen atoms in total. The first-order chi connectivity index (χ1) is 26.4. The average molecular weight is 698 g/mol. The maximum Gasteiger partial charge on any atom is 0.132 e. The van der Waals surface area contributed by atoms with Crippen LogP contribution >= 0.6 is 0 Å². The minimum atomic E-state index is -0.191. The van der Waals surface area contributed by atoms with Crippen LogP contribution in [0.4, 0.5) is 0 Å². The zero-order valence-electron chi connectivity index (χ0n) is 31.0. The SMILES string of the molecule is CC1(C)c2ccccc2Oc2ccc3c(c21)-c1ccc(-c2cc(-c4ccccc4)cc(-c4ccc5ccccc5c4)n2)cc1C31C2CC3CC(C2)CC1C3. The molecule has 13 rings (SSSR count). The predicted octanol–water partition coefficient (Wildman–Crippen LogP) is 13.4. The van der Waals surface area contributed by atoms with Gasteiger partial charge in [-0.2, -0.15) is 0 Å². The molecule has 7 aromatic rings. The number of para-hydroxylation sites is 1. The van der Waals surface area contributed by atoms with E-state index in [1.807, 2.05) is 0 Å². The second-order valence-corrected chi connectivity index (χ2v) is 17.6. The van der Waals surface area contributed by atoms with Crippen molar-refractivity contribution in [3.63, 3.8) is 0 Å². The maximum atomic E-state index is 6.77. The number of hydrogen-bond donors (Lipinski definition) is 0. The Morgan fingerprint density at radius 2 is 1.17 bits per heavy atom. The van der Waals surface area contributed by atoms with E-state index in [2.05, 4.69) is 153 Å². The number of pyridine rings is 1. The molecule has 0 radical (unpaired) electrons. The molecule has 4 fully saturated rings. The Hall–Kier alpha value is -5.47. The van der Waals surface area contributed by atoms with Gasteiger partial charge < -0.3 is 4.74 Å². The second kappa shape index (κ2) is 11.0. The van der Waals surface area contributed by atoms with Crippen molar-refractivity contribution in [1.82, 2.24) is 4.98 Å². The summed E-state index contributed by atoms with van der Waals surface area (Å²) in [4.78, 5) is 5.50. The molecule has 2 heterocycles. The number of ether oxygens (including phenoxy) is 1. The van der Waals surface area contributed by atoms with E-state index in [1.165, 1.54) is 81.8 Å². The summed E-state index contributed by atoms with van der Waals surface area (Å²) in [7, 11) is 0. The Kier molecular flexibility index (Phi) is 6.33. The van der Waals surface area contributed by atoms with Crippen LogP contribution in [0.1, 0.15) is 68.2 Å². The van der Waals surface area contributed by atoms with E-state index in [4.69, 9.17) is 9.72 Å². The van der Waals surface area contributed by atoms with Crippen molar-refractivity contribution in [1.29, 1.82) is 0 Å². The molecule has 4 saturated carbocycles. The Labute approximate surface area is 317 Å². The van der Waals surface area contributed by atoms with Gasteiger partial charge >= 0.3 is 0 Å². The largest absolute Gasteiger partial charge is 0.457 e. The van der Waals surface area contributed by atoms with Crippen LogP contribution in [0.25, 0.3) is 55.5 Å². The average Bonchev–Trinajstić information content (AvgIpc) is 3.49. The van der Waals surface area contributed by atoms with Crippen molar-refractivity contribution < 1.29 is 4.74 Å². The van der Waals surface area contributed by atoms with Crippen LogP contribution in [-0.2, 0) is 10.8 Å². The standard InChI is InChI=1S/C52H43NO/c1-51(2)42-14-8-9-15-47(42)54-48-21-20-43-49(50(48)51)41-19-18-37(28-44(41)52(43)39-23-31-22-32(25-39)26-40(52)24-31)46-30-38(33-10-4-3-5-11-33)29-45(53-46)36-17-16-34-12-6-7-13-35(34)27-36/h3-21,27-32,39-40H,22-26H2,1-2H3. The Bertz CT molecular complexity index is 2660. The van der Waals surface area contributed by atoms with E-state index in [-0.39, 0.29) is 10.8 Å². The highest BCUT2D eigenvalue weighted by Gasteiger charge is 2.62. The van der Waals surface area contributed by atoms with Gasteiger partial charge in [0.25, 0.3) is 0 Å². The van der Waals surface area contributed by atoms with Gasteiger partial charge in [0.1, 0.15) is 11.5 Å². The quantitative estimate of drug-likeness (QED) is 0.183. The minimum absolute atomic E-state index is 0.0222. The lowest BCUT2D eigenvalue weighted by molar-refractivity contribution is -0.0399.